The minimum absolute atomic E-state index is 0.313. The Bertz CT molecular complexity index is 442. The Labute approximate surface area is 102 Å². The van der Waals surface area contributed by atoms with E-state index in [0.717, 1.165) is 5.56 Å². The summed E-state index contributed by atoms with van der Waals surface area (Å²) in [5, 5.41) is 0. The van der Waals surface area contributed by atoms with Gasteiger partial charge in [-0.2, -0.15) is 0 Å². The SMILES string of the molecule is CC(C)(C)OC(=O)c1ccc(C2CC2)c(N)c1. The fourth-order valence-corrected chi connectivity index (χ4v) is 1.80. The topological polar surface area (TPSA) is 52.3 Å². The smallest absolute Gasteiger partial charge is 0.338 e. The third kappa shape index (κ3) is 2.99. The van der Waals surface area contributed by atoms with Crippen molar-refractivity contribution in [1.82, 2.24) is 0 Å². The molecule has 1 aromatic carbocycles. The van der Waals surface area contributed by atoms with Crippen molar-refractivity contribution in [3.05, 3.63) is 29.3 Å². The molecule has 2 N–H and O–H groups in total. The van der Waals surface area contributed by atoms with E-state index in [2.05, 4.69) is 0 Å². The molecular weight excluding hydrogens is 214 g/mol. The Balaban J connectivity index is 2.16. The van der Waals surface area contributed by atoms with Crippen LogP contribution < -0.4 is 5.73 Å². The lowest BCUT2D eigenvalue weighted by molar-refractivity contribution is 0.00696. The number of esters is 1. The van der Waals surface area contributed by atoms with E-state index in [1.165, 1.54) is 12.8 Å². The van der Waals surface area contributed by atoms with Gasteiger partial charge in [0, 0.05) is 5.69 Å². The summed E-state index contributed by atoms with van der Waals surface area (Å²) in [6, 6.07) is 5.48. The molecule has 0 atom stereocenters. The van der Waals surface area contributed by atoms with Crippen molar-refractivity contribution in [1.29, 1.82) is 0 Å². The first kappa shape index (κ1) is 12.0. The molecule has 1 saturated carbocycles. The zero-order chi connectivity index (χ0) is 12.6. The average Bonchev–Trinajstić information content (AvgIpc) is 2.98. The second-order valence-electron chi connectivity index (χ2n) is 5.62. The third-order valence-corrected chi connectivity index (χ3v) is 2.74. The molecule has 1 aliphatic rings. The lowest BCUT2D eigenvalue weighted by atomic mass is 10.1. The lowest BCUT2D eigenvalue weighted by Crippen LogP contribution is -2.24. The Morgan fingerprint density at radius 2 is 2.00 bits per heavy atom. The van der Waals surface area contributed by atoms with Crippen LogP contribution in [0.25, 0.3) is 0 Å². The van der Waals surface area contributed by atoms with E-state index in [0.29, 0.717) is 17.2 Å². The van der Waals surface area contributed by atoms with Crippen molar-refractivity contribution < 1.29 is 9.53 Å². The number of hydrogen-bond acceptors (Lipinski definition) is 3. The first-order valence-corrected chi connectivity index (χ1v) is 5.99. The lowest BCUT2D eigenvalue weighted by Gasteiger charge is -2.19. The molecule has 0 aliphatic heterocycles. The van der Waals surface area contributed by atoms with Gasteiger partial charge < -0.3 is 10.5 Å². The highest BCUT2D eigenvalue weighted by atomic mass is 16.6. The van der Waals surface area contributed by atoms with Gasteiger partial charge in [0.05, 0.1) is 5.56 Å². The Morgan fingerprint density at radius 1 is 1.35 bits per heavy atom. The summed E-state index contributed by atoms with van der Waals surface area (Å²) < 4.78 is 5.30. The number of carbonyl (C=O) groups excluding carboxylic acids is 1. The fourth-order valence-electron chi connectivity index (χ4n) is 1.80. The molecule has 92 valence electrons. The van der Waals surface area contributed by atoms with Crippen molar-refractivity contribution in [2.45, 2.75) is 45.1 Å². The predicted molar refractivity (Wildman–Crippen MR) is 68.0 cm³/mol. The van der Waals surface area contributed by atoms with Gasteiger partial charge in [0.2, 0.25) is 0 Å². The van der Waals surface area contributed by atoms with E-state index >= 15 is 0 Å². The number of hydrogen-bond donors (Lipinski definition) is 1. The minimum atomic E-state index is -0.471. The van der Waals surface area contributed by atoms with Crippen LogP contribution in [0.15, 0.2) is 18.2 Å². The minimum Gasteiger partial charge on any atom is -0.456 e. The molecular formula is C14H19NO2. The summed E-state index contributed by atoms with van der Waals surface area (Å²) in [6.45, 7) is 5.56. The zero-order valence-electron chi connectivity index (χ0n) is 10.6. The number of nitrogen functional groups attached to an aromatic ring is 1. The summed E-state index contributed by atoms with van der Waals surface area (Å²) in [4.78, 5) is 11.8. The molecule has 17 heavy (non-hydrogen) atoms. The van der Waals surface area contributed by atoms with Crippen LogP contribution in [0.2, 0.25) is 0 Å². The number of rotatable bonds is 2. The second-order valence-corrected chi connectivity index (χ2v) is 5.62. The average molecular weight is 233 g/mol. The number of anilines is 1. The summed E-state index contributed by atoms with van der Waals surface area (Å²) in [5.41, 5.74) is 7.88. The molecule has 3 nitrogen and oxygen atoms in total. The van der Waals surface area contributed by atoms with Crippen LogP contribution in [0.3, 0.4) is 0 Å². The molecule has 0 unspecified atom stereocenters. The molecule has 2 rings (SSSR count). The molecule has 3 heteroatoms. The van der Waals surface area contributed by atoms with Crippen LogP contribution in [-0.2, 0) is 4.74 Å². The van der Waals surface area contributed by atoms with Crippen LogP contribution in [0.5, 0.6) is 0 Å². The van der Waals surface area contributed by atoms with Gasteiger partial charge in [-0.1, -0.05) is 6.07 Å². The highest BCUT2D eigenvalue weighted by Crippen LogP contribution is 2.42. The molecule has 1 fully saturated rings. The van der Waals surface area contributed by atoms with Crippen molar-refractivity contribution >= 4 is 11.7 Å². The predicted octanol–water partition coefficient (Wildman–Crippen LogP) is 3.10. The van der Waals surface area contributed by atoms with Gasteiger partial charge in [-0.3, -0.25) is 0 Å². The zero-order valence-corrected chi connectivity index (χ0v) is 10.6. The summed E-state index contributed by atoms with van der Waals surface area (Å²) >= 11 is 0. The van der Waals surface area contributed by atoms with Crippen LogP contribution in [0.1, 0.15) is 55.5 Å². The van der Waals surface area contributed by atoms with Gasteiger partial charge >= 0.3 is 5.97 Å². The van der Waals surface area contributed by atoms with Crippen LogP contribution in [-0.4, -0.2) is 11.6 Å². The molecule has 0 radical (unpaired) electrons. The van der Waals surface area contributed by atoms with Gasteiger partial charge in [-0.05, 0) is 57.2 Å². The van der Waals surface area contributed by atoms with E-state index in [1.54, 1.807) is 12.1 Å². The Morgan fingerprint density at radius 3 is 2.47 bits per heavy atom. The summed E-state index contributed by atoms with van der Waals surface area (Å²) in [6.07, 6.45) is 2.41. The molecule has 0 heterocycles. The van der Waals surface area contributed by atoms with Gasteiger partial charge in [0.25, 0.3) is 0 Å². The maximum absolute atomic E-state index is 11.8. The molecule has 0 spiro atoms. The maximum atomic E-state index is 11.8. The summed E-state index contributed by atoms with van der Waals surface area (Å²) in [5.74, 6) is 0.286. The first-order valence-electron chi connectivity index (χ1n) is 5.99. The van der Waals surface area contributed by atoms with E-state index in [9.17, 15) is 4.79 Å². The summed E-state index contributed by atoms with van der Waals surface area (Å²) in [7, 11) is 0. The Hall–Kier alpha value is -1.51. The first-order chi connectivity index (χ1) is 7.87. The molecule has 0 amide bonds. The van der Waals surface area contributed by atoms with E-state index in [1.807, 2.05) is 26.8 Å². The highest BCUT2D eigenvalue weighted by Gasteiger charge is 2.26. The van der Waals surface area contributed by atoms with Crippen molar-refractivity contribution in [3.8, 4) is 0 Å². The standard InChI is InChI=1S/C14H19NO2/c1-14(2,3)17-13(16)10-6-7-11(9-4-5-9)12(15)8-10/h6-9H,4-5,15H2,1-3H3. The second kappa shape index (κ2) is 4.06. The van der Waals surface area contributed by atoms with Crippen LogP contribution in [0, 0.1) is 0 Å². The third-order valence-electron chi connectivity index (χ3n) is 2.74. The molecule has 0 aromatic heterocycles. The number of nitrogens with two attached hydrogens (primary N) is 1. The van der Waals surface area contributed by atoms with Crippen molar-refractivity contribution in [2.75, 3.05) is 5.73 Å². The fraction of sp³-hybridized carbons (Fsp3) is 0.500. The molecule has 1 aliphatic carbocycles. The Kier molecular flexibility index (Phi) is 2.86. The van der Waals surface area contributed by atoms with Crippen LogP contribution in [0.4, 0.5) is 5.69 Å². The van der Waals surface area contributed by atoms with Crippen LogP contribution >= 0.6 is 0 Å². The van der Waals surface area contributed by atoms with Gasteiger partial charge in [0.15, 0.2) is 0 Å². The highest BCUT2D eigenvalue weighted by molar-refractivity contribution is 5.91. The molecule has 0 saturated heterocycles. The normalized spacial score (nSPS) is 15.7. The van der Waals surface area contributed by atoms with E-state index in [-0.39, 0.29) is 5.97 Å². The van der Waals surface area contributed by atoms with Crippen molar-refractivity contribution in [3.63, 3.8) is 0 Å². The quantitative estimate of drug-likeness (QED) is 0.630. The van der Waals surface area contributed by atoms with Gasteiger partial charge in [-0.25, -0.2) is 4.79 Å². The number of carbonyl (C=O) groups is 1. The van der Waals surface area contributed by atoms with Crippen molar-refractivity contribution in [2.24, 2.45) is 0 Å². The largest absolute Gasteiger partial charge is 0.456 e. The number of ether oxygens (including phenoxy) is 1. The van der Waals surface area contributed by atoms with E-state index < -0.39 is 5.60 Å². The maximum Gasteiger partial charge on any atom is 0.338 e. The number of benzene rings is 1. The van der Waals surface area contributed by atoms with Gasteiger partial charge in [0.1, 0.15) is 5.60 Å². The molecule has 1 aromatic rings. The monoisotopic (exact) mass is 233 g/mol. The van der Waals surface area contributed by atoms with Gasteiger partial charge in [-0.15, -0.1) is 0 Å². The van der Waals surface area contributed by atoms with E-state index in [4.69, 9.17) is 10.5 Å². The molecule has 0 bridgehead atoms.